The highest BCUT2D eigenvalue weighted by Crippen LogP contribution is 2.74. The SMILES string of the molecule is CC1([Si](Cl)(C2(C)CCCCC2)C2(C)CCCCC2)CCCCC1. The Morgan fingerprint density at radius 3 is 0.913 bits per heavy atom. The summed E-state index contributed by atoms with van der Waals surface area (Å²) < 4.78 is 0. The molecular formula is C21H39ClSi. The molecule has 134 valence electrons. The van der Waals surface area contributed by atoms with Crippen molar-refractivity contribution in [3.8, 4) is 0 Å². The van der Waals surface area contributed by atoms with Crippen LogP contribution in [0, 0.1) is 0 Å². The molecule has 3 saturated carbocycles. The Balaban J connectivity index is 2.04. The minimum atomic E-state index is -1.95. The first kappa shape index (κ1) is 18.3. The van der Waals surface area contributed by atoms with Crippen LogP contribution < -0.4 is 0 Å². The standard InChI is InChI=1S/C21H39ClSi/c1-19(13-7-4-8-14-19)23(22,20(2)15-9-5-10-16-20)21(3)17-11-6-12-18-21/h4-18H2,1-3H3. The first-order valence-corrected chi connectivity index (χ1v) is 13.6. The van der Waals surface area contributed by atoms with Crippen molar-refractivity contribution in [3.63, 3.8) is 0 Å². The summed E-state index contributed by atoms with van der Waals surface area (Å²) in [7, 11) is -1.95. The molecule has 0 unspecified atom stereocenters. The van der Waals surface area contributed by atoms with E-state index in [0.717, 1.165) is 0 Å². The first-order valence-electron chi connectivity index (χ1n) is 10.6. The second-order valence-electron chi connectivity index (χ2n) is 10.0. The third-order valence-corrected chi connectivity index (χ3v) is 19.0. The van der Waals surface area contributed by atoms with E-state index in [1.54, 1.807) is 0 Å². The van der Waals surface area contributed by atoms with E-state index in [-0.39, 0.29) is 0 Å². The minimum absolute atomic E-state index is 0.477. The largest absolute Gasteiger partial charge is 0.173 e. The third-order valence-electron chi connectivity index (χ3n) is 8.37. The molecule has 0 bridgehead atoms. The zero-order valence-electron chi connectivity index (χ0n) is 16.0. The highest BCUT2D eigenvalue weighted by Gasteiger charge is 2.67. The van der Waals surface area contributed by atoms with Crippen LogP contribution in [0.4, 0.5) is 0 Å². The Kier molecular flexibility index (Phi) is 5.31. The molecule has 0 atom stereocenters. The van der Waals surface area contributed by atoms with Crippen LogP contribution in [0.15, 0.2) is 0 Å². The summed E-state index contributed by atoms with van der Waals surface area (Å²) >= 11 is 8.14. The van der Waals surface area contributed by atoms with Crippen LogP contribution >= 0.6 is 11.1 Å². The molecule has 0 aliphatic heterocycles. The molecular weight excluding hydrogens is 316 g/mol. The highest BCUT2D eigenvalue weighted by atomic mass is 35.6. The maximum Gasteiger partial charge on any atom is 0.173 e. The van der Waals surface area contributed by atoms with Crippen LogP contribution in [0.2, 0.25) is 15.1 Å². The summed E-state index contributed by atoms with van der Waals surface area (Å²) in [4.78, 5) is 0. The van der Waals surface area contributed by atoms with Crippen LogP contribution in [0.5, 0.6) is 0 Å². The number of hydrogen-bond acceptors (Lipinski definition) is 0. The second-order valence-corrected chi connectivity index (χ2v) is 16.7. The fraction of sp³-hybridized carbons (Fsp3) is 1.00. The summed E-state index contributed by atoms with van der Waals surface area (Å²) in [6, 6.07) is 0. The molecule has 0 amide bonds. The van der Waals surface area contributed by atoms with Crippen LogP contribution in [-0.2, 0) is 0 Å². The van der Waals surface area contributed by atoms with E-state index in [1.165, 1.54) is 96.3 Å². The summed E-state index contributed by atoms with van der Waals surface area (Å²) in [5.41, 5.74) is 0. The molecule has 0 spiro atoms. The predicted octanol–water partition coefficient (Wildman–Crippen LogP) is 8.34. The summed E-state index contributed by atoms with van der Waals surface area (Å²) in [5, 5.41) is 1.43. The van der Waals surface area contributed by atoms with E-state index in [1.807, 2.05) is 0 Å². The fourth-order valence-corrected chi connectivity index (χ4v) is 16.4. The number of halogens is 1. The maximum absolute atomic E-state index is 8.14. The van der Waals surface area contributed by atoms with Crippen molar-refractivity contribution in [1.82, 2.24) is 0 Å². The molecule has 2 heteroatoms. The van der Waals surface area contributed by atoms with Crippen molar-refractivity contribution in [2.75, 3.05) is 0 Å². The van der Waals surface area contributed by atoms with Gasteiger partial charge in [-0.2, -0.15) is 11.1 Å². The van der Waals surface area contributed by atoms with Crippen molar-refractivity contribution >= 4 is 18.5 Å². The third kappa shape index (κ3) is 2.86. The average molecular weight is 355 g/mol. The van der Waals surface area contributed by atoms with Crippen molar-refractivity contribution < 1.29 is 0 Å². The lowest BCUT2D eigenvalue weighted by molar-refractivity contribution is 0.293. The Morgan fingerprint density at radius 2 is 0.696 bits per heavy atom. The quantitative estimate of drug-likeness (QED) is 0.352. The topological polar surface area (TPSA) is 0 Å². The summed E-state index contributed by atoms with van der Waals surface area (Å²) in [6.45, 7) is 7.93. The molecule has 0 heterocycles. The molecule has 0 N–H and O–H groups in total. The van der Waals surface area contributed by atoms with Gasteiger partial charge >= 0.3 is 0 Å². The Bertz CT molecular complexity index is 338. The lowest BCUT2D eigenvalue weighted by atomic mass is 9.87. The van der Waals surface area contributed by atoms with Crippen LogP contribution in [0.3, 0.4) is 0 Å². The van der Waals surface area contributed by atoms with Gasteiger partial charge in [0.25, 0.3) is 0 Å². The van der Waals surface area contributed by atoms with Gasteiger partial charge in [-0.05, 0) is 53.6 Å². The molecule has 3 aliphatic rings. The molecule has 3 rings (SSSR count). The Labute approximate surface area is 150 Å². The summed E-state index contributed by atoms with van der Waals surface area (Å²) in [5.74, 6) is 0. The van der Waals surface area contributed by atoms with Gasteiger partial charge in [0, 0.05) is 0 Å². The van der Waals surface area contributed by atoms with Crippen LogP contribution in [0.25, 0.3) is 0 Å². The Hall–Kier alpha value is 0.507. The zero-order chi connectivity index (χ0) is 16.6. The van der Waals surface area contributed by atoms with Gasteiger partial charge in [0.05, 0.1) is 0 Å². The van der Waals surface area contributed by atoms with E-state index in [9.17, 15) is 0 Å². The van der Waals surface area contributed by atoms with E-state index in [4.69, 9.17) is 11.1 Å². The molecule has 0 aromatic carbocycles. The average Bonchev–Trinajstić information content (AvgIpc) is 2.56. The number of rotatable bonds is 3. The maximum atomic E-state index is 8.14. The van der Waals surface area contributed by atoms with Crippen molar-refractivity contribution in [1.29, 1.82) is 0 Å². The molecule has 23 heavy (non-hydrogen) atoms. The normalized spacial score (nSPS) is 30.8. The molecule has 3 aliphatic carbocycles. The minimum Gasteiger partial charge on any atom is -0.165 e. The fourth-order valence-electron chi connectivity index (χ4n) is 7.22. The van der Waals surface area contributed by atoms with Gasteiger partial charge in [0.15, 0.2) is 7.38 Å². The Morgan fingerprint density at radius 1 is 0.478 bits per heavy atom. The first-order chi connectivity index (χ1) is 10.9. The second kappa shape index (κ2) is 6.67. The van der Waals surface area contributed by atoms with Gasteiger partial charge in [0.2, 0.25) is 0 Å². The van der Waals surface area contributed by atoms with Crippen molar-refractivity contribution in [2.24, 2.45) is 0 Å². The van der Waals surface area contributed by atoms with Crippen molar-refractivity contribution in [3.05, 3.63) is 0 Å². The lowest BCUT2D eigenvalue weighted by Crippen LogP contribution is -2.60. The molecule has 0 radical (unpaired) electrons. The van der Waals surface area contributed by atoms with E-state index < -0.39 is 7.38 Å². The zero-order valence-corrected chi connectivity index (χ0v) is 17.7. The summed E-state index contributed by atoms with van der Waals surface area (Å²) in [6.07, 6.45) is 21.5. The van der Waals surface area contributed by atoms with Gasteiger partial charge in [-0.1, -0.05) is 78.6 Å². The lowest BCUT2D eigenvalue weighted by Gasteiger charge is -2.64. The van der Waals surface area contributed by atoms with Gasteiger partial charge in [-0.15, -0.1) is 0 Å². The van der Waals surface area contributed by atoms with Gasteiger partial charge in [-0.3, -0.25) is 0 Å². The molecule has 0 nitrogen and oxygen atoms in total. The van der Waals surface area contributed by atoms with Crippen LogP contribution in [-0.4, -0.2) is 7.38 Å². The van der Waals surface area contributed by atoms with Gasteiger partial charge in [-0.25, -0.2) is 0 Å². The molecule has 3 fully saturated rings. The predicted molar refractivity (Wildman–Crippen MR) is 106 cm³/mol. The molecule has 0 aromatic rings. The smallest absolute Gasteiger partial charge is 0.165 e. The molecule has 0 saturated heterocycles. The monoisotopic (exact) mass is 354 g/mol. The number of hydrogen-bond donors (Lipinski definition) is 0. The van der Waals surface area contributed by atoms with E-state index >= 15 is 0 Å². The van der Waals surface area contributed by atoms with Gasteiger partial charge < -0.3 is 0 Å². The van der Waals surface area contributed by atoms with Crippen LogP contribution in [0.1, 0.15) is 117 Å². The molecule has 0 aromatic heterocycles. The van der Waals surface area contributed by atoms with Crippen molar-refractivity contribution in [2.45, 2.75) is 132 Å². The highest BCUT2D eigenvalue weighted by molar-refractivity contribution is 7.25. The van der Waals surface area contributed by atoms with E-state index in [0.29, 0.717) is 15.1 Å². The van der Waals surface area contributed by atoms with Gasteiger partial charge in [0.1, 0.15) is 0 Å². The van der Waals surface area contributed by atoms with E-state index in [2.05, 4.69) is 20.8 Å².